The average Bonchev–Trinajstić information content (AvgIpc) is 2.84. The van der Waals surface area contributed by atoms with E-state index < -0.39 is 0 Å². The van der Waals surface area contributed by atoms with Crippen molar-refractivity contribution in [3.8, 4) is 0 Å². The molecule has 1 heterocycles. The highest BCUT2D eigenvalue weighted by atomic mass is 32.2. The van der Waals surface area contributed by atoms with Crippen molar-refractivity contribution < 1.29 is 9.90 Å². The topological polar surface area (TPSA) is 52.6 Å². The van der Waals surface area contributed by atoms with Crippen molar-refractivity contribution >= 4 is 17.7 Å². The monoisotopic (exact) mass is 308 g/mol. The molecule has 1 saturated heterocycles. The van der Waals surface area contributed by atoms with Gasteiger partial charge >= 0.3 is 0 Å². The molecule has 2 rings (SSSR count). The van der Waals surface area contributed by atoms with Crippen LogP contribution in [0.5, 0.6) is 0 Å². The molecule has 0 spiro atoms. The van der Waals surface area contributed by atoms with Crippen molar-refractivity contribution in [1.29, 1.82) is 0 Å². The lowest BCUT2D eigenvalue weighted by molar-refractivity contribution is -0.121. The van der Waals surface area contributed by atoms with Gasteiger partial charge in [0.25, 0.3) is 0 Å². The van der Waals surface area contributed by atoms with Gasteiger partial charge in [0.1, 0.15) is 0 Å². The van der Waals surface area contributed by atoms with Crippen molar-refractivity contribution in [2.75, 3.05) is 26.0 Å². The average molecular weight is 308 g/mol. The number of amides is 1. The largest absolute Gasteiger partial charge is 0.395 e. The molecule has 1 aliphatic heterocycles. The van der Waals surface area contributed by atoms with Gasteiger partial charge in [0.15, 0.2) is 0 Å². The zero-order chi connectivity index (χ0) is 15.1. The van der Waals surface area contributed by atoms with Crippen LogP contribution in [-0.4, -0.2) is 53.9 Å². The Balaban J connectivity index is 1.60. The SMILES string of the molecule is CN1C[C@H](NC(=O)CCSCc2ccccc2)C[C@H]1CO. The van der Waals surface area contributed by atoms with E-state index in [1.807, 2.05) is 25.2 Å². The number of likely N-dealkylation sites (N-methyl/N-ethyl adjacent to an activating group) is 1. The quantitative estimate of drug-likeness (QED) is 0.750. The molecule has 1 fully saturated rings. The standard InChI is InChI=1S/C16H24N2O2S/c1-18-10-14(9-15(18)11-19)17-16(20)7-8-21-12-13-5-3-2-4-6-13/h2-6,14-15,19H,7-12H2,1H3,(H,17,20)/t14-,15+/m1/s1. The van der Waals surface area contributed by atoms with E-state index in [1.165, 1.54) is 5.56 Å². The molecule has 2 atom stereocenters. The van der Waals surface area contributed by atoms with Gasteiger partial charge in [-0.1, -0.05) is 30.3 Å². The third kappa shape index (κ3) is 5.34. The predicted octanol–water partition coefficient (Wildman–Crippen LogP) is 1.49. The molecule has 0 aliphatic carbocycles. The van der Waals surface area contributed by atoms with E-state index in [1.54, 1.807) is 11.8 Å². The fraction of sp³-hybridized carbons (Fsp3) is 0.562. The molecule has 5 heteroatoms. The predicted molar refractivity (Wildman–Crippen MR) is 87.3 cm³/mol. The van der Waals surface area contributed by atoms with E-state index in [0.717, 1.165) is 24.5 Å². The van der Waals surface area contributed by atoms with Crippen LogP contribution in [0.4, 0.5) is 0 Å². The second kappa shape index (κ2) is 8.41. The third-order valence-corrected chi connectivity index (χ3v) is 4.88. The van der Waals surface area contributed by atoms with Crippen LogP contribution in [0.2, 0.25) is 0 Å². The summed E-state index contributed by atoms with van der Waals surface area (Å²) in [5.41, 5.74) is 1.30. The van der Waals surface area contributed by atoms with Gasteiger partial charge in [-0.3, -0.25) is 9.69 Å². The normalized spacial score (nSPS) is 22.4. The smallest absolute Gasteiger partial charge is 0.221 e. The van der Waals surface area contributed by atoms with Gasteiger partial charge in [-0.25, -0.2) is 0 Å². The summed E-state index contributed by atoms with van der Waals surface area (Å²) < 4.78 is 0. The summed E-state index contributed by atoms with van der Waals surface area (Å²) in [5.74, 6) is 1.91. The van der Waals surface area contributed by atoms with Gasteiger partial charge in [-0.2, -0.15) is 11.8 Å². The Morgan fingerprint density at radius 1 is 1.43 bits per heavy atom. The maximum atomic E-state index is 11.9. The molecule has 2 N–H and O–H groups in total. The number of rotatable bonds is 7. The highest BCUT2D eigenvalue weighted by Gasteiger charge is 2.29. The van der Waals surface area contributed by atoms with E-state index in [-0.39, 0.29) is 24.6 Å². The summed E-state index contributed by atoms with van der Waals surface area (Å²) in [6, 6.07) is 10.7. The van der Waals surface area contributed by atoms with Crippen LogP contribution in [0, 0.1) is 0 Å². The molecule has 1 aromatic carbocycles. The first-order valence-electron chi connectivity index (χ1n) is 7.41. The molecule has 0 saturated carbocycles. The first-order valence-corrected chi connectivity index (χ1v) is 8.56. The van der Waals surface area contributed by atoms with Crippen LogP contribution in [0.3, 0.4) is 0 Å². The Hall–Kier alpha value is -1.04. The number of carbonyl (C=O) groups excluding carboxylic acids is 1. The number of thioether (sulfide) groups is 1. The Kier molecular flexibility index (Phi) is 6.54. The number of aliphatic hydroxyl groups is 1. The number of aliphatic hydroxyl groups excluding tert-OH is 1. The van der Waals surface area contributed by atoms with E-state index in [9.17, 15) is 9.90 Å². The van der Waals surface area contributed by atoms with Crippen LogP contribution in [0.15, 0.2) is 30.3 Å². The summed E-state index contributed by atoms with van der Waals surface area (Å²) in [4.78, 5) is 14.0. The second-order valence-electron chi connectivity index (χ2n) is 5.56. The summed E-state index contributed by atoms with van der Waals surface area (Å²) in [6.07, 6.45) is 1.40. The fourth-order valence-corrected chi connectivity index (χ4v) is 3.53. The lowest BCUT2D eigenvalue weighted by atomic mass is 10.2. The van der Waals surface area contributed by atoms with Crippen molar-refractivity contribution in [2.45, 2.75) is 30.7 Å². The third-order valence-electron chi connectivity index (χ3n) is 3.85. The molecule has 1 amide bonds. The molecular weight excluding hydrogens is 284 g/mol. The van der Waals surface area contributed by atoms with Crippen LogP contribution in [-0.2, 0) is 10.5 Å². The summed E-state index contributed by atoms with van der Waals surface area (Å²) in [5, 5.41) is 12.3. The Morgan fingerprint density at radius 2 is 2.19 bits per heavy atom. The highest BCUT2D eigenvalue weighted by Crippen LogP contribution is 2.16. The van der Waals surface area contributed by atoms with Gasteiger partial charge in [0, 0.05) is 36.6 Å². The molecule has 0 aromatic heterocycles. The van der Waals surface area contributed by atoms with Crippen LogP contribution in [0.25, 0.3) is 0 Å². The zero-order valence-electron chi connectivity index (χ0n) is 12.5. The minimum Gasteiger partial charge on any atom is -0.395 e. The first-order chi connectivity index (χ1) is 10.2. The summed E-state index contributed by atoms with van der Waals surface area (Å²) in [6.45, 7) is 0.990. The van der Waals surface area contributed by atoms with Gasteiger partial charge in [0.05, 0.1) is 6.61 Å². The van der Waals surface area contributed by atoms with Gasteiger partial charge in [-0.05, 0) is 19.0 Å². The number of carbonyl (C=O) groups is 1. The molecule has 116 valence electrons. The molecule has 0 unspecified atom stereocenters. The van der Waals surface area contributed by atoms with Crippen LogP contribution < -0.4 is 5.32 Å². The lowest BCUT2D eigenvalue weighted by Gasteiger charge is -2.15. The fourth-order valence-electron chi connectivity index (χ4n) is 2.63. The maximum Gasteiger partial charge on any atom is 0.221 e. The van der Waals surface area contributed by atoms with Crippen LogP contribution >= 0.6 is 11.8 Å². The van der Waals surface area contributed by atoms with Crippen LogP contribution in [0.1, 0.15) is 18.4 Å². The number of hydrogen-bond acceptors (Lipinski definition) is 4. The number of hydrogen-bond donors (Lipinski definition) is 2. The molecular formula is C16H24N2O2S. The van der Waals surface area contributed by atoms with Gasteiger partial charge in [0.2, 0.25) is 5.91 Å². The van der Waals surface area contributed by atoms with Crippen molar-refractivity contribution in [3.05, 3.63) is 35.9 Å². The van der Waals surface area contributed by atoms with E-state index in [0.29, 0.717) is 6.42 Å². The van der Waals surface area contributed by atoms with E-state index >= 15 is 0 Å². The molecule has 1 aromatic rings. The highest BCUT2D eigenvalue weighted by molar-refractivity contribution is 7.98. The van der Waals surface area contributed by atoms with Gasteiger partial charge < -0.3 is 10.4 Å². The Morgan fingerprint density at radius 3 is 2.86 bits per heavy atom. The molecule has 0 bridgehead atoms. The molecule has 4 nitrogen and oxygen atoms in total. The number of likely N-dealkylation sites (tertiary alicyclic amines) is 1. The van der Waals surface area contributed by atoms with Crippen molar-refractivity contribution in [2.24, 2.45) is 0 Å². The molecule has 0 radical (unpaired) electrons. The Bertz CT molecular complexity index is 441. The maximum absolute atomic E-state index is 11.9. The van der Waals surface area contributed by atoms with E-state index in [2.05, 4.69) is 22.3 Å². The van der Waals surface area contributed by atoms with Crippen molar-refractivity contribution in [1.82, 2.24) is 10.2 Å². The summed E-state index contributed by atoms with van der Waals surface area (Å²) in [7, 11) is 1.99. The number of nitrogens with zero attached hydrogens (tertiary/aromatic N) is 1. The zero-order valence-corrected chi connectivity index (χ0v) is 13.3. The Labute approximate surface area is 130 Å². The molecule has 21 heavy (non-hydrogen) atoms. The van der Waals surface area contributed by atoms with Crippen molar-refractivity contribution in [3.63, 3.8) is 0 Å². The lowest BCUT2D eigenvalue weighted by Crippen LogP contribution is -2.36. The van der Waals surface area contributed by atoms with Gasteiger partial charge in [-0.15, -0.1) is 0 Å². The minimum absolute atomic E-state index is 0.118. The number of benzene rings is 1. The first kappa shape index (κ1) is 16.3. The number of nitrogens with one attached hydrogen (secondary N) is 1. The summed E-state index contributed by atoms with van der Waals surface area (Å²) >= 11 is 1.79. The van der Waals surface area contributed by atoms with E-state index in [4.69, 9.17) is 0 Å². The molecule has 1 aliphatic rings. The second-order valence-corrected chi connectivity index (χ2v) is 6.67. The minimum atomic E-state index is 0.118.